The first-order valence-electron chi connectivity index (χ1n) is 5.85. The van der Waals surface area contributed by atoms with Crippen LogP contribution in [0.15, 0.2) is 30.3 Å². The van der Waals surface area contributed by atoms with Crippen molar-refractivity contribution in [2.24, 2.45) is 0 Å². The van der Waals surface area contributed by atoms with Crippen LogP contribution < -0.4 is 5.11 Å². The molecule has 0 aliphatic heterocycles. The minimum atomic E-state index is -1.31. The van der Waals surface area contributed by atoms with Crippen molar-refractivity contribution < 1.29 is 14.7 Å². The molecular formula is C14H13N2O3-. The number of hydrogen-bond donors (Lipinski definition) is 0. The summed E-state index contributed by atoms with van der Waals surface area (Å²) in [6.45, 7) is 3.00. The van der Waals surface area contributed by atoms with Crippen molar-refractivity contribution in [3.63, 3.8) is 0 Å². The van der Waals surface area contributed by atoms with E-state index in [2.05, 4.69) is 5.10 Å². The lowest BCUT2D eigenvalue weighted by Crippen LogP contribution is -2.25. The number of carbonyl (C=O) groups is 2. The molecule has 5 heteroatoms. The van der Waals surface area contributed by atoms with Gasteiger partial charge in [0.05, 0.1) is 23.0 Å². The number of carboxylic acids is 1. The highest BCUT2D eigenvalue weighted by Crippen LogP contribution is 2.19. The van der Waals surface area contributed by atoms with Gasteiger partial charge in [0, 0.05) is 12.0 Å². The van der Waals surface area contributed by atoms with Crippen molar-refractivity contribution >= 4 is 11.8 Å². The lowest BCUT2D eigenvalue weighted by Gasteiger charge is -2.08. The number of para-hydroxylation sites is 1. The van der Waals surface area contributed by atoms with Crippen LogP contribution >= 0.6 is 0 Å². The van der Waals surface area contributed by atoms with Gasteiger partial charge < -0.3 is 9.90 Å². The third kappa shape index (κ3) is 2.54. The molecule has 2 aromatic rings. The predicted octanol–water partition coefficient (Wildman–Crippen LogP) is 0.676. The fraction of sp³-hybridized carbons (Fsp3) is 0.214. The highest BCUT2D eigenvalue weighted by molar-refractivity contribution is 5.91. The number of Topliss-reactive ketones (excluding diaryl/α,β-unsaturated/α-hetero) is 1. The molecule has 5 nitrogen and oxygen atoms in total. The van der Waals surface area contributed by atoms with Crippen LogP contribution in [0.1, 0.15) is 28.7 Å². The molecule has 0 fully saturated rings. The molecule has 19 heavy (non-hydrogen) atoms. The molecule has 2 rings (SSSR count). The molecule has 0 aliphatic carbocycles. The summed E-state index contributed by atoms with van der Waals surface area (Å²) in [4.78, 5) is 22.5. The molecular weight excluding hydrogens is 244 g/mol. The van der Waals surface area contributed by atoms with E-state index in [1.54, 1.807) is 19.1 Å². The maximum absolute atomic E-state index is 11.3. The van der Waals surface area contributed by atoms with Gasteiger partial charge in [-0.25, -0.2) is 4.68 Å². The van der Waals surface area contributed by atoms with Gasteiger partial charge >= 0.3 is 0 Å². The van der Waals surface area contributed by atoms with Crippen LogP contribution in [0.5, 0.6) is 0 Å². The standard InChI is InChI=1S/C14H14N2O3/c1-9(17)8-12-13(14(18)19)10(2)15-16(12)11-6-4-3-5-7-11/h3-7H,8H2,1-2H3,(H,18,19)/p-1. The van der Waals surface area contributed by atoms with E-state index in [9.17, 15) is 14.7 Å². The molecule has 1 heterocycles. The van der Waals surface area contributed by atoms with Crippen LogP contribution in [0.25, 0.3) is 5.69 Å². The Hall–Kier alpha value is -2.43. The second-order valence-corrected chi connectivity index (χ2v) is 4.32. The van der Waals surface area contributed by atoms with Crippen molar-refractivity contribution in [1.29, 1.82) is 0 Å². The number of aromatic nitrogens is 2. The Labute approximate surface area is 110 Å². The molecule has 0 N–H and O–H groups in total. The third-order valence-electron chi connectivity index (χ3n) is 2.78. The first kappa shape index (κ1) is 13.0. The minimum Gasteiger partial charge on any atom is -0.545 e. The number of nitrogens with zero attached hydrogens (tertiary/aromatic N) is 2. The van der Waals surface area contributed by atoms with Crippen molar-refractivity contribution in [1.82, 2.24) is 9.78 Å². The van der Waals surface area contributed by atoms with E-state index in [0.717, 1.165) is 0 Å². The van der Waals surface area contributed by atoms with Gasteiger partial charge in [0.15, 0.2) is 0 Å². The molecule has 1 aromatic heterocycles. The Morgan fingerprint density at radius 3 is 2.42 bits per heavy atom. The Morgan fingerprint density at radius 2 is 1.89 bits per heavy atom. The summed E-state index contributed by atoms with van der Waals surface area (Å²) in [6.07, 6.45) is 0.0129. The number of carbonyl (C=O) groups excluding carboxylic acids is 2. The molecule has 0 aliphatic rings. The highest BCUT2D eigenvalue weighted by Gasteiger charge is 2.18. The number of aryl methyl sites for hydroxylation is 1. The molecule has 0 radical (unpaired) electrons. The number of rotatable bonds is 4. The molecule has 0 amide bonds. The first-order chi connectivity index (χ1) is 9.00. The van der Waals surface area contributed by atoms with Crippen molar-refractivity contribution in [3.8, 4) is 5.69 Å². The van der Waals surface area contributed by atoms with Gasteiger partial charge in [0.2, 0.25) is 0 Å². The van der Waals surface area contributed by atoms with Crippen LogP contribution in [0, 0.1) is 6.92 Å². The molecule has 0 saturated carbocycles. The predicted molar refractivity (Wildman–Crippen MR) is 67.0 cm³/mol. The summed E-state index contributed by atoms with van der Waals surface area (Å²) in [5, 5.41) is 15.4. The number of ketones is 1. The summed E-state index contributed by atoms with van der Waals surface area (Å²) < 4.78 is 1.49. The van der Waals surface area contributed by atoms with E-state index in [0.29, 0.717) is 17.1 Å². The second-order valence-electron chi connectivity index (χ2n) is 4.32. The maximum atomic E-state index is 11.3. The minimum absolute atomic E-state index is 0.000877. The smallest absolute Gasteiger partial charge is 0.135 e. The lowest BCUT2D eigenvalue weighted by atomic mass is 10.1. The summed E-state index contributed by atoms with van der Waals surface area (Å²) in [7, 11) is 0. The molecule has 0 atom stereocenters. The Kier molecular flexibility index (Phi) is 3.46. The van der Waals surface area contributed by atoms with Gasteiger partial charge in [0.25, 0.3) is 0 Å². The largest absolute Gasteiger partial charge is 0.545 e. The van der Waals surface area contributed by atoms with Gasteiger partial charge in [-0.2, -0.15) is 5.10 Å². The van der Waals surface area contributed by atoms with Crippen LogP contribution in [0.2, 0.25) is 0 Å². The van der Waals surface area contributed by atoms with Crippen molar-refractivity contribution in [2.45, 2.75) is 20.3 Å². The van der Waals surface area contributed by atoms with Crippen molar-refractivity contribution in [2.75, 3.05) is 0 Å². The molecule has 0 saturated heterocycles. The quantitative estimate of drug-likeness (QED) is 0.807. The van der Waals surface area contributed by atoms with E-state index in [1.807, 2.05) is 18.2 Å². The zero-order valence-electron chi connectivity index (χ0n) is 10.7. The van der Waals surface area contributed by atoms with Crippen LogP contribution in [-0.2, 0) is 11.2 Å². The Balaban J connectivity index is 2.64. The molecule has 1 aromatic carbocycles. The lowest BCUT2D eigenvalue weighted by molar-refractivity contribution is -0.255. The average Bonchev–Trinajstić information content (AvgIpc) is 2.66. The molecule has 98 valence electrons. The van der Waals surface area contributed by atoms with E-state index >= 15 is 0 Å². The zero-order chi connectivity index (χ0) is 14.0. The SMILES string of the molecule is CC(=O)Cc1c(C(=O)[O-])c(C)nn1-c1ccccc1. The zero-order valence-corrected chi connectivity index (χ0v) is 10.7. The number of aromatic carboxylic acids is 1. The van der Waals surface area contributed by atoms with Crippen LogP contribution in [0.3, 0.4) is 0 Å². The van der Waals surface area contributed by atoms with E-state index in [-0.39, 0.29) is 17.8 Å². The van der Waals surface area contributed by atoms with E-state index < -0.39 is 5.97 Å². The molecule has 0 unspecified atom stereocenters. The maximum Gasteiger partial charge on any atom is 0.135 e. The van der Waals surface area contributed by atoms with E-state index in [4.69, 9.17) is 0 Å². The normalized spacial score (nSPS) is 10.4. The second kappa shape index (κ2) is 5.06. The number of hydrogen-bond acceptors (Lipinski definition) is 4. The van der Waals surface area contributed by atoms with Gasteiger partial charge in [-0.05, 0) is 26.0 Å². The monoisotopic (exact) mass is 257 g/mol. The summed E-state index contributed by atoms with van der Waals surface area (Å²) in [5.41, 5.74) is 1.42. The Morgan fingerprint density at radius 1 is 1.26 bits per heavy atom. The Bertz CT molecular complexity index is 630. The summed E-state index contributed by atoms with van der Waals surface area (Å²) in [6, 6.07) is 9.10. The third-order valence-corrected chi connectivity index (χ3v) is 2.78. The van der Waals surface area contributed by atoms with Crippen LogP contribution in [0.4, 0.5) is 0 Å². The molecule has 0 spiro atoms. The number of benzene rings is 1. The first-order valence-corrected chi connectivity index (χ1v) is 5.85. The number of carboxylic acid groups (broad SMARTS) is 1. The van der Waals surface area contributed by atoms with E-state index in [1.165, 1.54) is 11.6 Å². The van der Waals surface area contributed by atoms with Gasteiger partial charge in [-0.3, -0.25) is 4.79 Å². The fourth-order valence-electron chi connectivity index (χ4n) is 2.02. The van der Waals surface area contributed by atoms with Crippen molar-refractivity contribution in [3.05, 3.63) is 47.3 Å². The van der Waals surface area contributed by atoms with Crippen LogP contribution in [-0.4, -0.2) is 21.5 Å². The molecule has 0 bridgehead atoms. The van der Waals surface area contributed by atoms with Gasteiger partial charge in [-0.1, -0.05) is 18.2 Å². The summed E-state index contributed by atoms with van der Waals surface area (Å²) in [5.74, 6) is -1.43. The summed E-state index contributed by atoms with van der Waals surface area (Å²) >= 11 is 0. The average molecular weight is 257 g/mol. The van der Waals surface area contributed by atoms with Gasteiger partial charge in [0.1, 0.15) is 5.78 Å². The van der Waals surface area contributed by atoms with Gasteiger partial charge in [-0.15, -0.1) is 0 Å². The topological polar surface area (TPSA) is 75.0 Å². The highest BCUT2D eigenvalue weighted by atomic mass is 16.4. The fourth-order valence-corrected chi connectivity index (χ4v) is 2.02.